The van der Waals surface area contributed by atoms with Crippen LogP contribution < -0.4 is 5.32 Å². The lowest BCUT2D eigenvalue weighted by Crippen LogP contribution is -2.48. The molecule has 2 rings (SSSR count). The van der Waals surface area contributed by atoms with Gasteiger partial charge in [-0.2, -0.15) is 5.26 Å². The third-order valence-corrected chi connectivity index (χ3v) is 4.41. The smallest absolute Gasteiger partial charge is 0.106 e. The van der Waals surface area contributed by atoms with Crippen LogP contribution in [-0.4, -0.2) is 11.6 Å². The summed E-state index contributed by atoms with van der Waals surface area (Å²) in [6.07, 6.45) is 11.1. The molecule has 0 aromatic heterocycles. The van der Waals surface area contributed by atoms with Crippen LogP contribution in [0.2, 0.25) is 0 Å². The van der Waals surface area contributed by atoms with E-state index in [0.29, 0.717) is 6.04 Å². The van der Waals surface area contributed by atoms with Crippen molar-refractivity contribution in [1.29, 1.82) is 5.26 Å². The van der Waals surface area contributed by atoms with Gasteiger partial charge in [-0.3, -0.25) is 5.32 Å². The SMILES string of the molecule is CC1CCCC(C#N)(NC2CCCC2)CC1. The first-order valence-corrected chi connectivity index (χ1v) is 6.93. The maximum absolute atomic E-state index is 9.50. The zero-order valence-electron chi connectivity index (χ0n) is 10.5. The molecule has 2 heteroatoms. The van der Waals surface area contributed by atoms with Crippen molar-refractivity contribution in [3.8, 4) is 6.07 Å². The summed E-state index contributed by atoms with van der Waals surface area (Å²) >= 11 is 0. The summed E-state index contributed by atoms with van der Waals surface area (Å²) in [7, 11) is 0. The van der Waals surface area contributed by atoms with Gasteiger partial charge < -0.3 is 0 Å². The van der Waals surface area contributed by atoms with Gasteiger partial charge in [0.25, 0.3) is 0 Å². The Morgan fingerprint density at radius 3 is 2.50 bits per heavy atom. The minimum Gasteiger partial charge on any atom is -0.297 e. The van der Waals surface area contributed by atoms with E-state index in [1.165, 1.54) is 44.9 Å². The summed E-state index contributed by atoms with van der Waals surface area (Å²) in [5.74, 6) is 0.806. The molecule has 0 aliphatic heterocycles. The third-order valence-electron chi connectivity index (χ3n) is 4.41. The molecule has 0 amide bonds. The van der Waals surface area contributed by atoms with E-state index in [-0.39, 0.29) is 5.54 Å². The Morgan fingerprint density at radius 2 is 1.81 bits per heavy atom. The van der Waals surface area contributed by atoms with Gasteiger partial charge in [-0.05, 0) is 38.0 Å². The topological polar surface area (TPSA) is 35.8 Å². The van der Waals surface area contributed by atoms with Gasteiger partial charge in [-0.15, -0.1) is 0 Å². The molecule has 0 spiro atoms. The van der Waals surface area contributed by atoms with Crippen LogP contribution in [0.4, 0.5) is 0 Å². The van der Waals surface area contributed by atoms with Crippen molar-refractivity contribution in [2.75, 3.05) is 0 Å². The van der Waals surface area contributed by atoms with Gasteiger partial charge in [0, 0.05) is 6.04 Å². The first-order chi connectivity index (χ1) is 7.74. The maximum Gasteiger partial charge on any atom is 0.106 e. The molecule has 1 N–H and O–H groups in total. The van der Waals surface area contributed by atoms with E-state index in [9.17, 15) is 5.26 Å². The molecule has 2 unspecified atom stereocenters. The van der Waals surface area contributed by atoms with Crippen LogP contribution in [0.25, 0.3) is 0 Å². The molecule has 16 heavy (non-hydrogen) atoms. The van der Waals surface area contributed by atoms with Crippen LogP contribution in [0.1, 0.15) is 64.7 Å². The van der Waals surface area contributed by atoms with E-state index >= 15 is 0 Å². The van der Waals surface area contributed by atoms with Crippen LogP contribution in [-0.2, 0) is 0 Å². The molecule has 0 aromatic rings. The Kier molecular flexibility index (Phi) is 3.86. The molecule has 0 heterocycles. The number of hydrogen-bond donors (Lipinski definition) is 1. The number of hydrogen-bond acceptors (Lipinski definition) is 2. The van der Waals surface area contributed by atoms with E-state index in [0.717, 1.165) is 18.8 Å². The standard InChI is InChI=1S/C14H24N2/c1-12-5-4-9-14(11-15,10-8-12)16-13-6-2-3-7-13/h12-13,16H,2-10H2,1H3. The van der Waals surface area contributed by atoms with E-state index in [1.807, 2.05) is 0 Å². The number of rotatable bonds is 2. The van der Waals surface area contributed by atoms with E-state index in [2.05, 4.69) is 18.3 Å². The molecule has 0 saturated heterocycles. The normalized spacial score (nSPS) is 36.9. The first kappa shape index (κ1) is 11.9. The largest absolute Gasteiger partial charge is 0.297 e. The molecule has 2 aliphatic rings. The highest BCUT2D eigenvalue weighted by Gasteiger charge is 2.34. The second-order valence-electron chi connectivity index (χ2n) is 5.86. The van der Waals surface area contributed by atoms with E-state index in [1.54, 1.807) is 0 Å². The monoisotopic (exact) mass is 220 g/mol. The molecular formula is C14H24N2. The second-order valence-corrected chi connectivity index (χ2v) is 5.86. The number of nitrogens with one attached hydrogen (secondary N) is 1. The number of nitriles is 1. The molecular weight excluding hydrogens is 196 g/mol. The zero-order chi connectivity index (χ0) is 11.4. The molecule has 2 fully saturated rings. The Morgan fingerprint density at radius 1 is 1.06 bits per heavy atom. The van der Waals surface area contributed by atoms with Crippen molar-refractivity contribution >= 4 is 0 Å². The summed E-state index contributed by atoms with van der Waals surface area (Å²) in [6, 6.07) is 3.21. The molecule has 2 nitrogen and oxygen atoms in total. The summed E-state index contributed by atoms with van der Waals surface area (Å²) in [5, 5.41) is 13.2. The number of nitrogens with zero attached hydrogens (tertiary/aromatic N) is 1. The fraction of sp³-hybridized carbons (Fsp3) is 0.929. The summed E-state index contributed by atoms with van der Waals surface area (Å²) in [6.45, 7) is 2.32. The van der Waals surface area contributed by atoms with Gasteiger partial charge in [0.1, 0.15) is 5.54 Å². The summed E-state index contributed by atoms with van der Waals surface area (Å²) in [4.78, 5) is 0. The lowest BCUT2D eigenvalue weighted by atomic mass is 9.90. The van der Waals surface area contributed by atoms with E-state index < -0.39 is 0 Å². The van der Waals surface area contributed by atoms with Crippen LogP contribution in [0.3, 0.4) is 0 Å². The average Bonchev–Trinajstić information content (AvgIpc) is 2.71. The highest BCUT2D eigenvalue weighted by Crippen LogP contribution is 2.32. The van der Waals surface area contributed by atoms with Crippen LogP contribution in [0, 0.1) is 17.2 Å². The highest BCUT2D eigenvalue weighted by molar-refractivity contribution is 5.09. The zero-order valence-corrected chi connectivity index (χ0v) is 10.5. The average molecular weight is 220 g/mol. The van der Waals surface area contributed by atoms with Crippen LogP contribution in [0.15, 0.2) is 0 Å². The Bertz CT molecular complexity index is 262. The molecule has 90 valence electrons. The molecule has 0 aromatic carbocycles. The van der Waals surface area contributed by atoms with Crippen LogP contribution >= 0.6 is 0 Å². The lowest BCUT2D eigenvalue weighted by molar-refractivity contribution is 0.316. The highest BCUT2D eigenvalue weighted by atomic mass is 15.0. The fourth-order valence-electron chi connectivity index (χ4n) is 3.26. The Balaban J connectivity index is 1.97. The third kappa shape index (κ3) is 2.77. The quantitative estimate of drug-likeness (QED) is 0.724. The molecule has 2 saturated carbocycles. The van der Waals surface area contributed by atoms with Gasteiger partial charge >= 0.3 is 0 Å². The van der Waals surface area contributed by atoms with Crippen molar-refractivity contribution in [3.63, 3.8) is 0 Å². The van der Waals surface area contributed by atoms with Gasteiger partial charge in [0.2, 0.25) is 0 Å². The van der Waals surface area contributed by atoms with Crippen molar-refractivity contribution in [3.05, 3.63) is 0 Å². The van der Waals surface area contributed by atoms with Gasteiger partial charge in [-0.1, -0.05) is 32.6 Å². The molecule has 2 aliphatic carbocycles. The summed E-state index contributed by atoms with van der Waals surface area (Å²) < 4.78 is 0. The predicted molar refractivity (Wildman–Crippen MR) is 66.0 cm³/mol. The van der Waals surface area contributed by atoms with E-state index in [4.69, 9.17) is 0 Å². The molecule has 0 bridgehead atoms. The van der Waals surface area contributed by atoms with Crippen molar-refractivity contribution in [2.24, 2.45) is 5.92 Å². The van der Waals surface area contributed by atoms with Crippen molar-refractivity contribution in [2.45, 2.75) is 76.3 Å². The minimum absolute atomic E-state index is 0.195. The lowest BCUT2D eigenvalue weighted by Gasteiger charge is -2.30. The predicted octanol–water partition coefficient (Wildman–Crippen LogP) is 3.38. The molecule has 0 radical (unpaired) electrons. The van der Waals surface area contributed by atoms with Gasteiger partial charge in [-0.25, -0.2) is 0 Å². The van der Waals surface area contributed by atoms with Crippen molar-refractivity contribution in [1.82, 2.24) is 5.32 Å². The van der Waals surface area contributed by atoms with Gasteiger partial charge in [0.05, 0.1) is 6.07 Å². The Labute approximate surface area is 99.4 Å². The second kappa shape index (κ2) is 5.19. The van der Waals surface area contributed by atoms with Crippen molar-refractivity contribution < 1.29 is 0 Å². The summed E-state index contributed by atoms with van der Waals surface area (Å²) in [5.41, 5.74) is -0.195. The fourth-order valence-corrected chi connectivity index (χ4v) is 3.26. The Hall–Kier alpha value is -0.550. The maximum atomic E-state index is 9.50. The minimum atomic E-state index is -0.195. The van der Waals surface area contributed by atoms with Crippen LogP contribution in [0.5, 0.6) is 0 Å². The first-order valence-electron chi connectivity index (χ1n) is 6.93. The van der Waals surface area contributed by atoms with Gasteiger partial charge in [0.15, 0.2) is 0 Å². The molecule has 2 atom stereocenters.